The average Bonchev–Trinajstić information content (AvgIpc) is 2.52. The second-order valence-corrected chi connectivity index (χ2v) is 5.82. The van der Waals surface area contributed by atoms with Gasteiger partial charge in [-0.3, -0.25) is 0 Å². The predicted octanol–water partition coefficient (Wildman–Crippen LogP) is 2.37. The fourth-order valence-electron chi connectivity index (χ4n) is 1.80. The minimum Gasteiger partial charge on any atom is -0.370 e. The van der Waals surface area contributed by atoms with Crippen LogP contribution in [0, 0.1) is 0 Å². The van der Waals surface area contributed by atoms with Gasteiger partial charge in [0.25, 0.3) is 0 Å². The highest BCUT2D eigenvalue weighted by Crippen LogP contribution is 2.21. The lowest BCUT2D eigenvalue weighted by Crippen LogP contribution is -2.43. The molecule has 0 aromatic carbocycles. The molecule has 23 heavy (non-hydrogen) atoms. The summed E-state index contributed by atoms with van der Waals surface area (Å²) in [7, 11) is 3.93. The van der Waals surface area contributed by atoms with Gasteiger partial charge in [0.05, 0.1) is 12.1 Å². The lowest BCUT2D eigenvalue weighted by atomic mass is 10.0. The summed E-state index contributed by atoms with van der Waals surface area (Å²) in [5.74, 6) is 0.439. The maximum Gasteiger partial charge on any atom is 0.188 e. The first kappa shape index (κ1) is 21.0. The van der Waals surface area contributed by atoms with Crippen molar-refractivity contribution in [3.05, 3.63) is 48.4 Å². The number of nitrogens with zero attached hydrogens (tertiary/aromatic N) is 2. The molecule has 0 aliphatic heterocycles. The molecule has 4 N–H and O–H groups in total. The fraction of sp³-hybridized carbons (Fsp3) is 0.500. The largest absolute Gasteiger partial charge is 0.370 e. The third kappa shape index (κ3) is 7.19. The molecule has 0 aliphatic carbocycles. The van der Waals surface area contributed by atoms with Crippen molar-refractivity contribution in [3.63, 3.8) is 0 Å². The van der Waals surface area contributed by atoms with Crippen LogP contribution in [0.15, 0.2) is 53.3 Å². The molecular weight excluding hydrogens is 286 g/mol. The van der Waals surface area contributed by atoms with E-state index in [1.54, 1.807) is 0 Å². The van der Waals surface area contributed by atoms with Gasteiger partial charge in [0.2, 0.25) is 0 Å². The molecule has 5 nitrogen and oxygen atoms in total. The van der Waals surface area contributed by atoms with Crippen LogP contribution in [0.5, 0.6) is 0 Å². The summed E-state index contributed by atoms with van der Waals surface area (Å²) < 4.78 is 0. The van der Waals surface area contributed by atoms with Crippen LogP contribution in [0.3, 0.4) is 0 Å². The highest BCUT2D eigenvalue weighted by Gasteiger charge is 2.22. The molecule has 0 saturated carbocycles. The van der Waals surface area contributed by atoms with Gasteiger partial charge in [0, 0.05) is 25.0 Å². The van der Waals surface area contributed by atoms with Crippen LogP contribution in [-0.2, 0) is 0 Å². The summed E-state index contributed by atoms with van der Waals surface area (Å²) in [5, 5.41) is 6.22. The summed E-state index contributed by atoms with van der Waals surface area (Å²) in [6.45, 7) is 17.6. The molecule has 0 saturated heterocycles. The van der Waals surface area contributed by atoms with Crippen LogP contribution in [0.1, 0.15) is 27.7 Å². The van der Waals surface area contributed by atoms with Gasteiger partial charge < -0.3 is 21.3 Å². The Hall–Kier alpha value is -2.01. The van der Waals surface area contributed by atoms with E-state index in [4.69, 9.17) is 5.73 Å². The molecule has 0 heterocycles. The summed E-state index contributed by atoms with van der Waals surface area (Å²) >= 11 is 0. The fourth-order valence-corrected chi connectivity index (χ4v) is 1.80. The van der Waals surface area contributed by atoms with Crippen LogP contribution >= 0.6 is 0 Å². The number of likely N-dealkylation sites (N-methyl/N-ethyl adjacent to an activating group) is 2. The zero-order valence-corrected chi connectivity index (χ0v) is 15.5. The molecule has 0 rings (SSSR count). The Kier molecular flexibility index (Phi) is 9.03. The van der Waals surface area contributed by atoms with Gasteiger partial charge in [0.1, 0.15) is 0 Å². The number of guanidine groups is 1. The highest BCUT2D eigenvalue weighted by molar-refractivity contribution is 5.77. The van der Waals surface area contributed by atoms with Crippen molar-refractivity contribution in [1.29, 1.82) is 0 Å². The van der Waals surface area contributed by atoms with Crippen LogP contribution in [0.4, 0.5) is 0 Å². The van der Waals surface area contributed by atoms with Crippen molar-refractivity contribution in [2.45, 2.75) is 33.2 Å². The van der Waals surface area contributed by atoms with Gasteiger partial charge in [-0.15, -0.1) is 0 Å². The lowest BCUT2D eigenvalue weighted by Gasteiger charge is -2.34. The van der Waals surface area contributed by atoms with E-state index in [9.17, 15) is 0 Å². The second kappa shape index (κ2) is 9.90. The predicted molar refractivity (Wildman–Crippen MR) is 102 cm³/mol. The lowest BCUT2D eigenvalue weighted by molar-refractivity contribution is 0.378. The number of rotatable bonds is 9. The van der Waals surface area contributed by atoms with Gasteiger partial charge in [-0.25, -0.2) is 4.99 Å². The quantitative estimate of drug-likeness (QED) is 0.347. The van der Waals surface area contributed by atoms with Gasteiger partial charge in [-0.1, -0.05) is 25.3 Å². The third-order valence-corrected chi connectivity index (χ3v) is 3.73. The van der Waals surface area contributed by atoms with Crippen LogP contribution in [-0.4, -0.2) is 43.6 Å². The van der Waals surface area contributed by atoms with Crippen molar-refractivity contribution < 1.29 is 0 Å². The Morgan fingerprint density at radius 2 is 1.91 bits per heavy atom. The van der Waals surface area contributed by atoms with Crippen LogP contribution in [0.25, 0.3) is 0 Å². The first-order valence-corrected chi connectivity index (χ1v) is 7.87. The Labute approximate surface area is 141 Å². The second-order valence-electron chi connectivity index (χ2n) is 5.82. The molecule has 0 bridgehead atoms. The Bertz CT molecular complexity index is 498. The van der Waals surface area contributed by atoms with Crippen LogP contribution in [0.2, 0.25) is 0 Å². The maximum absolute atomic E-state index is 5.70. The number of nitrogens with two attached hydrogens (primary N) is 1. The van der Waals surface area contributed by atoms with E-state index in [0.717, 1.165) is 23.5 Å². The van der Waals surface area contributed by atoms with E-state index in [1.807, 2.05) is 46.2 Å². The number of hydrogen-bond donors (Lipinski definition) is 3. The molecule has 0 unspecified atom stereocenters. The van der Waals surface area contributed by atoms with E-state index in [2.05, 4.69) is 47.5 Å². The normalized spacial score (nSPS) is 13.3. The summed E-state index contributed by atoms with van der Waals surface area (Å²) in [5.41, 5.74) is 8.43. The third-order valence-electron chi connectivity index (χ3n) is 3.73. The number of nitrogens with one attached hydrogen (secondary N) is 2. The molecule has 0 fully saturated rings. The zero-order chi connectivity index (χ0) is 18.0. The number of hydrogen-bond acceptors (Lipinski definition) is 3. The van der Waals surface area contributed by atoms with E-state index < -0.39 is 0 Å². The van der Waals surface area contributed by atoms with Crippen molar-refractivity contribution in [3.8, 4) is 0 Å². The van der Waals surface area contributed by atoms with Crippen LogP contribution < -0.4 is 16.4 Å². The van der Waals surface area contributed by atoms with Crippen molar-refractivity contribution >= 4 is 5.96 Å². The van der Waals surface area contributed by atoms with Gasteiger partial charge in [-0.05, 0) is 46.4 Å². The average molecular weight is 319 g/mol. The maximum atomic E-state index is 5.70. The van der Waals surface area contributed by atoms with E-state index in [0.29, 0.717) is 12.5 Å². The molecule has 0 spiro atoms. The SMILES string of the molecule is C=C(C=CC(=CC)N(C)C(=C)C(C)(C)NC)CN=C(N)NCC. The Balaban J connectivity index is 4.86. The molecular formula is C18H33N5. The standard InChI is InChI=1S/C18H33N5/c1-9-16(23(8)15(4)18(5,6)20-7)12-11-14(3)13-22-17(19)21-10-2/h9,11-12,20H,3-4,10,13H2,1-2,5-8H3,(H3,19,21,22). The summed E-state index contributed by atoms with van der Waals surface area (Å²) in [4.78, 5) is 6.29. The van der Waals surface area contributed by atoms with E-state index in [1.165, 1.54) is 0 Å². The summed E-state index contributed by atoms with van der Waals surface area (Å²) in [6.07, 6.45) is 6.00. The smallest absolute Gasteiger partial charge is 0.188 e. The van der Waals surface area contributed by atoms with Gasteiger partial charge in [-0.2, -0.15) is 0 Å². The minimum absolute atomic E-state index is 0.182. The van der Waals surface area contributed by atoms with Crippen molar-refractivity contribution in [1.82, 2.24) is 15.5 Å². The molecule has 5 heteroatoms. The van der Waals surface area contributed by atoms with E-state index >= 15 is 0 Å². The first-order valence-electron chi connectivity index (χ1n) is 7.87. The first-order chi connectivity index (χ1) is 10.7. The monoisotopic (exact) mass is 319 g/mol. The highest BCUT2D eigenvalue weighted by atomic mass is 15.2. The molecule has 0 radical (unpaired) electrons. The molecule has 0 aromatic rings. The van der Waals surface area contributed by atoms with E-state index in [-0.39, 0.29) is 5.54 Å². The summed E-state index contributed by atoms with van der Waals surface area (Å²) in [6, 6.07) is 0. The van der Waals surface area contributed by atoms with Gasteiger partial charge >= 0.3 is 0 Å². The molecule has 0 aliphatic rings. The van der Waals surface area contributed by atoms with Gasteiger partial charge in [0.15, 0.2) is 5.96 Å². The minimum atomic E-state index is -0.182. The Morgan fingerprint density at radius 1 is 1.30 bits per heavy atom. The molecule has 130 valence electrons. The number of aliphatic imine (C=N–C) groups is 1. The zero-order valence-electron chi connectivity index (χ0n) is 15.5. The van der Waals surface area contributed by atoms with Crippen molar-refractivity contribution in [2.75, 3.05) is 27.2 Å². The molecule has 0 amide bonds. The topological polar surface area (TPSA) is 65.7 Å². The Morgan fingerprint density at radius 3 is 2.39 bits per heavy atom. The number of allylic oxidation sites excluding steroid dienone is 2. The molecule has 0 atom stereocenters. The molecule has 0 aromatic heterocycles. The van der Waals surface area contributed by atoms with Crippen molar-refractivity contribution in [2.24, 2.45) is 10.7 Å².